The number of aromatic amines is 1. The van der Waals surface area contributed by atoms with E-state index in [4.69, 9.17) is 0 Å². The highest BCUT2D eigenvalue weighted by molar-refractivity contribution is 5.98. The van der Waals surface area contributed by atoms with Gasteiger partial charge < -0.3 is 10.3 Å². The Labute approximate surface area is 146 Å². The van der Waals surface area contributed by atoms with E-state index >= 15 is 0 Å². The second-order valence-electron chi connectivity index (χ2n) is 5.78. The van der Waals surface area contributed by atoms with Crippen LogP contribution in [0.5, 0.6) is 0 Å². The van der Waals surface area contributed by atoms with Gasteiger partial charge in [-0.15, -0.1) is 5.11 Å². The lowest BCUT2D eigenvalue weighted by molar-refractivity contribution is 1.15. The number of fused-ring (bicyclic) bond motifs is 1. The molecule has 0 saturated carbocycles. The van der Waals surface area contributed by atoms with E-state index in [0.717, 1.165) is 34.5 Å². The van der Waals surface area contributed by atoms with Crippen molar-refractivity contribution in [1.82, 2.24) is 4.98 Å². The Morgan fingerprint density at radius 2 is 1.52 bits per heavy atom. The first-order valence-corrected chi connectivity index (χ1v) is 8.25. The molecule has 3 aromatic carbocycles. The largest absolute Gasteiger partial charge is 0.379 e. The smallest absolute Gasteiger partial charge is 0.111 e. The Morgan fingerprint density at radius 1 is 0.760 bits per heavy atom. The van der Waals surface area contributed by atoms with Crippen molar-refractivity contribution in [2.45, 2.75) is 6.54 Å². The Morgan fingerprint density at radius 3 is 2.32 bits per heavy atom. The zero-order chi connectivity index (χ0) is 16.9. The van der Waals surface area contributed by atoms with Gasteiger partial charge in [0.1, 0.15) is 5.69 Å². The van der Waals surface area contributed by atoms with Crippen LogP contribution in [-0.2, 0) is 6.54 Å². The predicted octanol–water partition coefficient (Wildman–Crippen LogP) is 6.20. The van der Waals surface area contributed by atoms with Gasteiger partial charge >= 0.3 is 0 Å². The van der Waals surface area contributed by atoms with E-state index in [-0.39, 0.29) is 0 Å². The molecular formula is C21H18N4. The first-order chi connectivity index (χ1) is 12.4. The van der Waals surface area contributed by atoms with Crippen LogP contribution in [0, 0.1) is 0 Å². The molecule has 122 valence electrons. The number of hydrogen-bond donors (Lipinski definition) is 2. The van der Waals surface area contributed by atoms with Crippen LogP contribution in [0.4, 0.5) is 17.1 Å². The summed E-state index contributed by atoms with van der Waals surface area (Å²) in [6.07, 6.45) is 1.89. The molecule has 0 amide bonds. The minimum Gasteiger partial charge on any atom is -0.379 e. The maximum absolute atomic E-state index is 4.39. The van der Waals surface area contributed by atoms with Gasteiger partial charge in [-0.3, -0.25) is 0 Å². The molecule has 4 rings (SSSR count). The third-order valence-electron chi connectivity index (χ3n) is 4.05. The highest BCUT2D eigenvalue weighted by Gasteiger charge is 2.07. The number of H-pyrrole nitrogens is 1. The van der Waals surface area contributed by atoms with Gasteiger partial charge in [0, 0.05) is 18.1 Å². The van der Waals surface area contributed by atoms with E-state index in [0.29, 0.717) is 0 Å². The average Bonchev–Trinajstić information content (AvgIpc) is 3.10. The maximum Gasteiger partial charge on any atom is 0.111 e. The highest BCUT2D eigenvalue weighted by Crippen LogP contribution is 2.32. The van der Waals surface area contributed by atoms with Gasteiger partial charge in [0.05, 0.1) is 16.9 Å². The summed E-state index contributed by atoms with van der Waals surface area (Å²) in [5.41, 5.74) is 5.02. The summed E-state index contributed by atoms with van der Waals surface area (Å²) in [7, 11) is 0. The minimum atomic E-state index is 0.778. The summed E-state index contributed by atoms with van der Waals surface area (Å²) in [5.74, 6) is 0. The number of nitrogens with one attached hydrogen (secondary N) is 2. The maximum atomic E-state index is 4.39. The molecule has 0 aliphatic rings. The molecule has 0 atom stereocenters. The number of azo groups is 1. The van der Waals surface area contributed by atoms with Gasteiger partial charge in [0.15, 0.2) is 0 Å². The second-order valence-corrected chi connectivity index (χ2v) is 5.78. The van der Waals surface area contributed by atoms with Crippen LogP contribution in [0.3, 0.4) is 0 Å². The topological polar surface area (TPSA) is 52.5 Å². The fourth-order valence-corrected chi connectivity index (χ4v) is 2.77. The van der Waals surface area contributed by atoms with Crippen LogP contribution in [0.15, 0.2) is 95.3 Å². The standard InChI is InChI=1S/C21H18N4/c1-3-8-16(9-4-1)14-22-19-13-7-12-18-20(15-23-21(18)19)25-24-17-10-5-2-6-11-17/h1-13,15,22-23H,14H2. The first-order valence-electron chi connectivity index (χ1n) is 8.25. The number of nitrogens with zero attached hydrogens (tertiary/aromatic N) is 2. The van der Waals surface area contributed by atoms with E-state index in [9.17, 15) is 0 Å². The number of aromatic nitrogens is 1. The van der Waals surface area contributed by atoms with Gasteiger partial charge in [-0.2, -0.15) is 5.11 Å². The normalized spacial score (nSPS) is 11.2. The number of rotatable bonds is 5. The molecule has 0 unspecified atom stereocenters. The highest BCUT2D eigenvalue weighted by atomic mass is 15.1. The van der Waals surface area contributed by atoms with Crippen LogP contribution >= 0.6 is 0 Å². The summed E-state index contributed by atoms with van der Waals surface area (Å²) in [5, 5.41) is 13.2. The van der Waals surface area contributed by atoms with E-state index in [2.05, 4.69) is 44.8 Å². The van der Waals surface area contributed by atoms with Gasteiger partial charge in [-0.1, -0.05) is 60.7 Å². The molecule has 4 nitrogen and oxygen atoms in total. The second kappa shape index (κ2) is 7.01. The van der Waals surface area contributed by atoms with E-state index in [1.165, 1.54) is 5.56 Å². The average molecular weight is 326 g/mol. The van der Waals surface area contributed by atoms with Crippen LogP contribution < -0.4 is 5.32 Å². The van der Waals surface area contributed by atoms with Crippen LogP contribution in [0.2, 0.25) is 0 Å². The zero-order valence-corrected chi connectivity index (χ0v) is 13.7. The van der Waals surface area contributed by atoms with E-state index in [1.54, 1.807) is 0 Å². The molecule has 0 spiro atoms. The van der Waals surface area contributed by atoms with Crippen molar-refractivity contribution in [1.29, 1.82) is 0 Å². The fourth-order valence-electron chi connectivity index (χ4n) is 2.77. The summed E-state index contributed by atoms with van der Waals surface area (Å²) in [4.78, 5) is 3.31. The van der Waals surface area contributed by atoms with Crippen molar-refractivity contribution in [3.8, 4) is 0 Å². The number of benzene rings is 3. The molecule has 1 heterocycles. The lowest BCUT2D eigenvalue weighted by Crippen LogP contribution is -1.99. The molecule has 4 aromatic rings. The number of hydrogen-bond acceptors (Lipinski definition) is 3. The molecule has 4 heteroatoms. The third-order valence-corrected chi connectivity index (χ3v) is 4.05. The van der Waals surface area contributed by atoms with Gasteiger partial charge in [-0.05, 0) is 23.8 Å². The van der Waals surface area contributed by atoms with Crippen molar-refractivity contribution in [3.05, 3.63) is 90.6 Å². The monoisotopic (exact) mass is 326 g/mol. The van der Waals surface area contributed by atoms with Gasteiger partial charge in [0.25, 0.3) is 0 Å². The molecule has 0 fully saturated rings. The molecule has 25 heavy (non-hydrogen) atoms. The van der Waals surface area contributed by atoms with Crippen LogP contribution in [0.25, 0.3) is 10.9 Å². The van der Waals surface area contributed by atoms with Crippen molar-refractivity contribution >= 4 is 28.0 Å². The van der Waals surface area contributed by atoms with Crippen molar-refractivity contribution < 1.29 is 0 Å². The molecule has 0 aliphatic carbocycles. The van der Waals surface area contributed by atoms with E-state index in [1.807, 2.05) is 60.8 Å². The quantitative estimate of drug-likeness (QED) is 0.422. The molecule has 0 saturated heterocycles. The Balaban J connectivity index is 1.58. The van der Waals surface area contributed by atoms with Crippen molar-refractivity contribution in [2.75, 3.05) is 5.32 Å². The molecule has 0 radical (unpaired) electrons. The third kappa shape index (κ3) is 3.43. The predicted molar refractivity (Wildman–Crippen MR) is 103 cm³/mol. The number of para-hydroxylation sites is 1. The van der Waals surface area contributed by atoms with E-state index < -0.39 is 0 Å². The summed E-state index contributed by atoms with van der Waals surface area (Å²) in [6, 6.07) is 26.3. The van der Waals surface area contributed by atoms with Gasteiger partial charge in [0.2, 0.25) is 0 Å². The molecule has 1 aromatic heterocycles. The lowest BCUT2D eigenvalue weighted by atomic mass is 10.2. The zero-order valence-electron chi connectivity index (χ0n) is 13.7. The molecule has 0 aliphatic heterocycles. The Hall–Kier alpha value is -3.40. The Kier molecular flexibility index (Phi) is 4.25. The molecule has 2 N–H and O–H groups in total. The SMILES string of the molecule is c1ccc(CNc2cccc3c(N=Nc4ccccc4)c[nH]c23)cc1. The fraction of sp³-hybridized carbons (Fsp3) is 0.0476. The van der Waals surface area contributed by atoms with Crippen LogP contribution in [0.1, 0.15) is 5.56 Å². The lowest BCUT2D eigenvalue weighted by Gasteiger charge is -2.07. The summed E-state index contributed by atoms with van der Waals surface area (Å²) in [6.45, 7) is 0.778. The van der Waals surface area contributed by atoms with Crippen LogP contribution in [-0.4, -0.2) is 4.98 Å². The summed E-state index contributed by atoms with van der Waals surface area (Å²) < 4.78 is 0. The first kappa shape index (κ1) is 15.1. The Bertz CT molecular complexity index is 988. The summed E-state index contributed by atoms with van der Waals surface area (Å²) >= 11 is 0. The van der Waals surface area contributed by atoms with Crippen molar-refractivity contribution in [3.63, 3.8) is 0 Å². The molecule has 0 bridgehead atoms. The minimum absolute atomic E-state index is 0.778. The van der Waals surface area contributed by atoms with Crippen molar-refractivity contribution in [2.24, 2.45) is 10.2 Å². The number of anilines is 1. The molecular weight excluding hydrogens is 308 g/mol. The van der Waals surface area contributed by atoms with Gasteiger partial charge in [-0.25, -0.2) is 0 Å².